The molecule has 4 saturated carbocycles. The average molecular weight is 395 g/mol. The maximum absolute atomic E-state index is 5.48. The normalized spacial score (nSPS) is 30.9. The topological polar surface area (TPSA) is 35.8 Å². The van der Waals surface area contributed by atoms with E-state index in [1.807, 2.05) is 6.07 Å². The Kier molecular flexibility index (Phi) is 3.62. The maximum Gasteiger partial charge on any atom is 0.194 e. The largest absolute Gasteiger partial charge is 0.497 e. The minimum Gasteiger partial charge on any atom is -0.497 e. The standard InChI is InChI=1S/C23H26N2O2S/c1-26-18-6-17(7-19(8-18)27-2)20-13-28-22-24-21(12-25(20)22)23-9-14-3-15(10-23)5-16(4-14)11-23/h6-8,12-16H,3-5,9-11H2,1-2H3. The molecule has 0 spiro atoms. The SMILES string of the molecule is COc1cc(OC)cc(-c2csc3nc(C45CC6CC(CC(C6)C4)C5)cn23)c1. The molecule has 4 fully saturated rings. The van der Waals surface area contributed by atoms with E-state index in [0.717, 1.165) is 39.8 Å². The Morgan fingerprint density at radius 1 is 0.964 bits per heavy atom. The molecule has 4 bridgehead atoms. The van der Waals surface area contributed by atoms with Gasteiger partial charge in [-0.1, -0.05) is 0 Å². The zero-order chi connectivity index (χ0) is 18.9. The van der Waals surface area contributed by atoms with Gasteiger partial charge in [-0.15, -0.1) is 11.3 Å². The van der Waals surface area contributed by atoms with E-state index in [1.165, 1.54) is 49.9 Å². The van der Waals surface area contributed by atoms with Crippen LogP contribution in [0, 0.1) is 17.8 Å². The quantitative estimate of drug-likeness (QED) is 0.582. The van der Waals surface area contributed by atoms with Crippen LogP contribution in [0.2, 0.25) is 0 Å². The van der Waals surface area contributed by atoms with E-state index < -0.39 is 0 Å². The number of fused-ring (bicyclic) bond motifs is 1. The van der Waals surface area contributed by atoms with E-state index in [1.54, 1.807) is 25.6 Å². The van der Waals surface area contributed by atoms with Crippen molar-refractivity contribution in [2.45, 2.75) is 43.9 Å². The van der Waals surface area contributed by atoms with Gasteiger partial charge in [-0.05, 0) is 68.4 Å². The Labute approximate surface area is 169 Å². The Hall–Kier alpha value is -2.01. The maximum atomic E-state index is 5.48. The summed E-state index contributed by atoms with van der Waals surface area (Å²) in [5.74, 6) is 4.44. The molecule has 7 rings (SSSR count). The highest BCUT2D eigenvalue weighted by Crippen LogP contribution is 2.60. The van der Waals surface area contributed by atoms with E-state index in [4.69, 9.17) is 14.5 Å². The summed E-state index contributed by atoms with van der Waals surface area (Å²) in [7, 11) is 3.40. The summed E-state index contributed by atoms with van der Waals surface area (Å²) in [6.45, 7) is 0. The van der Waals surface area contributed by atoms with Crippen molar-refractivity contribution in [2.75, 3.05) is 14.2 Å². The first-order valence-corrected chi connectivity index (χ1v) is 11.2. The Balaban J connectivity index is 1.44. The molecule has 3 aromatic rings. The molecule has 0 N–H and O–H groups in total. The summed E-state index contributed by atoms with van der Waals surface area (Å²) in [5, 5.41) is 2.19. The number of imidazole rings is 1. The lowest BCUT2D eigenvalue weighted by Gasteiger charge is -2.56. The number of methoxy groups -OCH3 is 2. The van der Waals surface area contributed by atoms with Crippen LogP contribution >= 0.6 is 11.3 Å². The summed E-state index contributed by atoms with van der Waals surface area (Å²) in [5.41, 5.74) is 3.95. The zero-order valence-electron chi connectivity index (χ0n) is 16.5. The fourth-order valence-electron chi connectivity index (χ4n) is 6.63. The monoisotopic (exact) mass is 394 g/mol. The lowest BCUT2D eigenvalue weighted by molar-refractivity contribution is -0.00696. The van der Waals surface area contributed by atoms with Crippen molar-refractivity contribution in [3.63, 3.8) is 0 Å². The first-order chi connectivity index (χ1) is 13.7. The lowest BCUT2D eigenvalue weighted by atomic mass is 9.49. The van der Waals surface area contributed by atoms with Crippen LogP contribution in [-0.4, -0.2) is 23.6 Å². The Bertz CT molecular complexity index is 993. The molecule has 0 aliphatic heterocycles. The van der Waals surface area contributed by atoms with Crippen LogP contribution in [0.15, 0.2) is 29.8 Å². The molecule has 146 valence electrons. The Morgan fingerprint density at radius 3 is 2.14 bits per heavy atom. The highest BCUT2D eigenvalue weighted by Gasteiger charge is 2.52. The molecule has 0 saturated heterocycles. The van der Waals surface area contributed by atoms with Gasteiger partial charge in [0.25, 0.3) is 0 Å². The van der Waals surface area contributed by atoms with Crippen LogP contribution < -0.4 is 9.47 Å². The minimum atomic E-state index is 0.337. The van der Waals surface area contributed by atoms with E-state index in [-0.39, 0.29) is 0 Å². The summed E-state index contributed by atoms with van der Waals surface area (Å²) < 4.78 is 13.2. The highest BCUT2D eigenvalue weighted by molar-refractivity contribution is 7.15. The molecule has 4 aliphatic carbocycles. The van der Waals surface area contributed by atoms with E-state index in [2.05, 4.69) is 28.1 Å². The summed E-state index contributed by atoms with van der Waals surface area (Å²) >= 11 is 1.73. The van der Waals surface area contributed by atoms with Crippen LogP contribution in [-0.2, 0) is 5.41 Å². The number of hydrogen-bond acceptors (Lipinski definition) is 4. The Morgan fingerprint density at radius 2 is 1.57 bits per heavy atom. The van der Waals surface area contributed by atoms with Gasteiger partial charge in [0.05, 0.1) is 25.6 Å². The van der Waals surface area contributed by atoms with Crippen LogP contribution in [0.1, 0.15) is 44.2 Å². The molecule has 2 heterocycles. The second-order valence-corrected chi connectivity index (χ2v) is 10.0. The van der Waals surface area contributed by atoms with Crippen molar-refractivity contribution in [1.29, 1.82) is 0 Å². The predicted octanol–water partition coefficient (Wildman–Crippen LogP) is 5.55. The van der Waals surface area contributed by atoms with E-state index >= 15 is 0 Å². The number of nitrogens with zero attached hydrogens (tertiary/aromatic N) is 2. The molecule has 4 aliphatic rings. The van der Waals surface area contributed by atoms with Gasteiger partial charge in [0, 0.05) is 28.6 Å². The first kappa shape index (κ1) is 16.9. The van der Waals surface area contributed by atoms with E-state index in [9.17, 15) is 0 Å². The van der Waals surface area contributed by atoms with Crippen molar-refractivity contribution < 1.29 is 9.47 Å². The molecule has 28 heavy (non-hydrogen) atoms. The highest BCUT2D eigenvalue weighted by atomic mass is 32.1. The number of aromatic nitrogens is 2. The van der Waals surface area contributed by atoms with Gasteiger partial charge >= 0.3 is 0 Å². The fourth-order valence-corrected chi connectivity index (χ4v) is 7.51. The van der Waals surface area contributed by atoms with Gasteiger partial charge in [-0.25, -0.2) is 4.98 Å². The summed E-state index contributed by atoms with van der Waals surface area (Å²) in [6.07, 6.45) is 10.8. The molecule has 4 nitrogen and oxygen atoms in total. The number of benzene rings is 1. The third-order valence-electron chi connectivity index (χ3n) is 7.44. The van der Waals surface area contributed by atoms with Gasteiger partial charge in [0.2, 0.25) is 0 Å². The molecular weight excluding hydrogens is 368 g/mol. The van der Waals surface area contributed by atoms with Crippen LogP contribution in [0.4, 0.5) is 0 Å². The first-order valence-electron chi connectivity index (χ1n) is 10.4. The van der Waals surface area contributed by atoms with Gasteiger partial charge < -0.3 is 9.47 Å². The van der Waals surface area contributed by atoms with Crippen LogP contribution in [0.25, 0.3) is 16.2 Å². The minimum absolute atomic E-state index is 0.337. The molecule has 0 unspecified atom stereocenters. The van der Waals surface area contributed by atoms with Gasteiger partial charge in [-0.2, -0.15) is 0 Å². The van der Waals surface area contributed by atoms with Gasteiger partial charge in [0.15, 0.2) is 4.96 Å². The third kappa shape index (κ3) is 2.45. The number of ether oxygens (including phenoxy) is 2. The molecule has 5 heteroatoms. The van der Waals surface area contributed by atoms with E-state index in [0.29, 0.717) is 5.41 Å². The van der Waals surface area contributed by atoms with Crippen molar-refractivity contribution >= 4 is 16.3 Å². The molecule has 1 aromatic carbocycles. The zero-order valence-corrected chi connectivity index (χ0v) is 17.3. The average Bonchev–Trinajstić information content (AvgIpc) is 3.27. The smallest absolute Gasteiger partial charge is 0.194 e. The van der Waals surface area contributed by atoms with Crippen molar-refractivity contribution in [2.24, 2.45) is 17.8 Å². The van der Waals surface area contributed by atoms with Crippen molar-refractivity contribution in [3.05, 3.63) is 35.5 Å². The molecule has 0 atom stereocenters. The molecule has 2 aromatic heterocycles. The second-order valence-electron chi connectivity index (χ2n) is 9.20. The van der Waals surface area contributed by atoms with Crippen LogP contribution in [0.5, 0.6) is 11.5 Å². The summed E-state index contributed by atoms with van der Waals surface area (Å²) in [4.78, 5) is 6.25. The summed E-state index contributed by atoms with van der Waals surface area (Å²) in [6, 6.07) is 6.07. The third-order valence-corrected chi connectivity index (χ3v) is 8.28. The molecule has 0 amide bonds. The molecule has 0 radical (unpaired) electrons. The van der Waals surface area contributed by atoms with Gasteiger partial charge in [-0.3, -0.25) is 4.40 Å². The van der Waals surface area contributed by atoms with Crippen LogP contribution in [0.3, 0.4) is 0 Å². The predicted molar refractivity (Wildman–Crippen MR) is 111 cm³/mol. The van der Waals surface area contributed by atoms with Gasteiger partial charge in [0.1, 0.15) is 11.5 Å². The second kappa shape index (κ2) is 5.99. The van der Waals surface area contributed by atoms with Crippen molar-refractivity contribution in [1.82, 2.24) is 9.38 Å². The van der Waals surface area contributed by atoms with Crippen molar-refractivity contribution in [3.8, 4) is 22.8 Å². The molecular formula is C23H26N2O2S. The number of hydrogen-bond donors (Lipinski definition) is 0. The lowest BCUT2D eigenvalue weighted by Crippen LogP contribution is -2.48. The number of thiazole rings is 1. The fraction of sp³-hybridized carbons (Fsp3) is 0.522. The number of rotatable bonds is 4.